The summed E-state index contributed by atoms with van der Waals surface area (Å²) in [6, 6.07) is 12.1. The van der Waals surface area contributed by atoms with Crippen molar-refractivity contribution in [3.05, 3.63) is 35.9 Å². The van der Waals surface area contributed by atoms with Crippen LogP contribution in [0.3, 0.4) is 0 Å². The maximum absolute atomic E-state index is 12.3. The molecule has 0 saturated carbocycles. The van der Waals surface area contributed by atoms with Gasteiger partial charge in [-0.25, -0.2) is 4.79 Å². The molecule has 1 aromatic rings. The number of carbonyl (C=O) groups is 1. The summed E-state index contributed by atoms with van der Waals surface area (Å²) in [5.74, 6) is 0.494. The van der Waals surface area contributed by atoms with Gasteiger partial charge < -0.3 is 10.2 Å². The molecule has 3 rings (SSSR count). The van der Waals surface area contributed by atoms with Gasteiger partial charge in [-0.05, 0) is 38.2 Å². The summed E-state index contributed by atoms with van der Waals surface area (Å²) in [5.41, 5.74) is 1.76. The zero-order chi connectivity index (χ0) is 18.0. The molecule has 138 valence electrons. The Kier molecular flexibility index (Phi) is 5.38. The van der Waals surface area contributed by atoms with E-state index in [1.54, 1.807) is 0 Å². The number of rotatable bonds is 4. The first-order chi connectivity index (χ1) is 11.9. The van der Waals surface area contributed by atoms with E-state index in [9.17, 15) is 4.79 Å². The Bertz CT molecular complexity index is 576. The highest BCUT2D eigenvalue weighted by Crippen LogP contribution is 2.55. The van der Waals surface area contributed by atoms with Crippen molar-refractivity contribution in [2.75, 3.05) is 26.2 Å². The maximum atomic E-state index is 12.3. The van der Waals surface area contributed by atoms with E-state index in [0.29, 0.717) is 23.4 Å². The summed E-state index contributed by atoms with van der Waals surface area (Å²) in [6.07, 6.45) is 2.20. The first-order valence-electron chi connectivity index (χ1n) is 9.76. The molecule has 4 heteroatoms. The Morgan fingerprint density at radius 2 is 1.80 bits per heavy atom. The van der Waals surface area contributed by atoms with Crippen LogP contribution < -0.4 is 5.32 Å². The predicted octanol–water partition coefficient (Wildman–Crippen LogP) is 3.90. The number of nitrogens with one attached hydrogen (secondary N) is 1. The van der Waals surface area contributed by atoms with Crippen molar-refractivity contribution in [2.24, 2.45) is 11.3 Å². The third kappa shape index (κ3) is 3.69. The van der Waals surface area contributed by atoms with E-state index in [0.717, 1.165) is 39.0 Å². The molecule has 0 radical (unpaired) electrons. The van der Waals surface area contributed by atoms with E-state index in [2.05, 4.69) is 68.2 Å². The number of amides is 2. The molecule has 25 heavy (non-hydrogen) atoms. The molecular weight excluding hydrogens is 310 g/mol. The normalized spacial score (nSPS) is 23.1. The molecule has 0 aliphatic carbocycles. The lowest BCUT2D eigenvalue weighted by atomic mass is 9.62. The second kappa shape index (κ2) is 7.36. The van der Waals surface area contributed by atoms with Gasteiger partial charge in [0.2, 0.25) is 0 Å². The molecule has 2 fully saturated rings. The first kappa shape index (κ1) is 18.2. The van der Waals surface area contributed by atoms with Crippen LogP contribution in [-0.2, 0) is 0 Å². The smallest absolute Gasteiger partial charge is 0.317 e. The summed E-state index contributed by atoms with van der Waals surface area (Å²) in [7, 11) is 0. The minimum Gasteiger partial charge on any atom is -0.338 e. The molecule has 1 N–H and O–H groups in total. The fraction of sp³-hybridized carbons (Fsp3) is 0.667. The summed E-state index contributed by atoms with van der Waals surface area (Å²) in [4.78, 5) is 17.0. The van der Waals surface area contributed by atoms with Crippen molar-refractivity contribution >= 4 is 6.03 Å². The summed E-state index contributed by atoms with van der Waals surface area (Å²) >= 11 is 0. The van der Waals surface area contributed by atoms with Crippen molar-refractivity contribution < 1.29 is 4.79 Å². The van der Waals surface area contributed by atoms with Gasteiger partial charge in [0.1, 0.15) is 0 Å². The molecule has 0 aromatic heterocycles. The topological polar surface area (TPSA) is 35.6 Å². The molecule has 1 unspecified atom stereocenters. The second-order valence-electron chi connectivity index (χ2n) is 8.51. The lowest BCUT2D eigenvalue weighted by molar-refractivity contribution is -0.123. The average Bonchev–Trinajstić information content (AvgIpc) is 2.58. The van der Waals surface area contributed by atoms with E-state index < -0.39 is 0 Å². The van der Waals surface area contributed by atoms with Crippen molar-refractivity contribution in [3.8, 4) is 0 Å². The highest BCUT2D eigenvalue weighted by atomic mass is 16.2. The van der Waals surface area contributed by atoms with Crippen LogP contribution in [0.4, 0.5) is 4.79 Å². The quantitative estimate of drug-likeness (QED) is 0.900. The maximum Gasteiger partial charge on any atom is 0.317 e. The minimum atomic E-state index is 0.111. The van der Waals surface area contributed by atoms with Gasteiger partial charge in [0, 0.05) is 43.7 Å². The SMILES string of the molecule is CC(C)CNC(=O)N1CCC2(CC1)CN(C(C)C)C2c1ccccc1. The zero-order valence-corrected chi connectivity index (χ0v) is 16.2. The highest BCUT2D eigenvalue weighted by Gasteiger charge is 2.54. The summed E-state index contributed by atoms with van der Waals surface area (Å²) in [5, 5.41) is 3.06. The number of urea groups is 1. The van der Waals surface area contributed by atoms with E-state index in [4.69, 9.17) is 0 Å². The molecule has 2 aliphatic heterocycles. The fourth-order valence-electron chi connectivity index (χ4n) is 4.43. The van der Waals surface area contributed by atoms with Gasteiger partial charge >= 0.3 is 6.03 Å². The Labute approximate surface area is 152 Å². The predicted molar refractivity (Wildman–Crippen MR) is 103 cm³/mol. The molecule has 4 nitrogen and oxygen atoms in total. The number of nitrogens with zero attached hydrogens (tertiary/aromatic N) is 2. The first-order valence-corrected chi connectivity index (χ1v) is 9.76. The number of hydrogen-bond acceptors (Lipinski definition) is 2. The third-order valence-electron chi connectivity index (χ3n) is 5.90. The summed E-state index contributed by atoms with van der Waals surface area (Å²) in [6.45, 7) is 12.5. The lowest BCUT2D eigenvalue weighted by Gasteiger charge is -2.62. The van der Waals surface area contributed by atoms with Crippen LogP contribution in [0.15, 0.2) is 30.3 Å². The van der Waals surface area contributed by atoms with Crippen LogP contribution in [0.1, 0.15) is 52.1 Å². The Hall–Kier alpha value is -1.55. The molecule has 2 saturated heterocycles. The largest absolute Gasteiger partial charge is 0.338 e. The van der Waals surface area contributed by atoms with Crippen LogP contribution in [0.25, 0.3) is 0 Å². The lowest BCUT2D eigenvalue weighted by Crippen LogP contribution is -2.64. The molecule has 2 amide bonds. The molecule has 2 heterocycles. The minimum absolute atomic E-state index is 0.111. The van der Waals surface area contributed by atoms with Crippen LogP contribution in [0, 0.1) is 11.3 Å². The number of benzene rings is 1. The van der Waals surface area contributed by atoms with Gasteiger partial charge in [-0.15, -0.1) is 0 Å². The van der Waals surface area contributed by atoms with Gasteiger partial charge in [-0.1, -0.05) is 44.2 Å². The van der Waals surface area contributed by atoms with Crippen LogP contribution in [0.2, 0.25) is 0 Å². The average molecular weight is 344 g/mol. The van der Waals surface area contributed by atoms with Gasteiger partial charge in [0.05, 0.1) is 0 Å². The highest BCUT2D eigenvalue weighted by molar-refractivity contribution is 5.74. The molecule has 0 bridgehead atoms. The van der Waals surface area contributed by atoms with Crippen molar-refractivity contribution in [2.45, 2.75) is 52.6 Å². The Morgan fingerprint density at radius 3 is 2.36 bits per heavy atom. The van der Waals surface area contributed by atoms with Crippen LogP contribution >= 0.6 is 0 Å². The van der Waals surface area contributed by atoms with Gasteiger partial charge in [-0.2, -0.15) is 0 Å². The van der Waals surface area contributed by atoms with E-state index >= 15 is 0 Å². The van der Waals surface area contributed by atoms with Crippen molar-refractivity contribution in [1.82, 2.24) is 15.1 Å². The molecule has 1 atom stereocenters. The monoisotopic (exact) mass is 343 g/mol. The van der Waals surface area contributed by atoms with Gasteiger partial charge in [0.25, 0.3) is 0 Å². The zero-order valence-electron chi connectivity index (χ0n) is 16.2. The number of carbonyl (C=O) groups excluding carboxylic acids is 1. The van der Waals surface area contributed by atoms with Crippen LogP contribution in [-0.4, -0.2) is 48.1 Å². The molecule has 2 aliphatic rings. The van der Waals surface area contributed by atoms with Crippen molar-refractivity contribution in [3.63, 3.8) is 0 Å². The van der Waals surface area contributed by atoms with Gasteiger partial charge in [0.15, 0.2) is 0 Å². The standard InChI is InChI=1S/C21H33N3O/c1-16(2)14-22-20(25)23-12-10-21(11-13-23)15-24(17(3)4)19(21)18-8-6-5-7-9-18/h5-9,16-17,19H,10-15H2,1-4H3,(H,22,25). The van der Waals surface area contributed by atoms with Crippen LogP contribution in [0.5, 0.6) is 0 Å². The van der Waals surface area contributed by atoms with E-state index in [-0.39, 0.29) is 6.03 Å². The van der Waals surface area contributed by atoms with Crippen molar-refractivity contribution in [1.29, 1.82) is 0 Å². The number of likely N-dealkylation sites (tertiary alicyclic amines) is 2. The Balaban J connectivity index is 1.66. The van der Waals surface area contributed by atoms with Gasteiger partial charge in [-0.3, -0.25) is 4.90 Å². The Morgan fingerprint density at radius 1 is 1.16 bits per heavy atom. The second-order valence-corrected chi connectivity index (χ2v) is 8.51. The molecule has 1 aromatic carbocycles. The summed E-state index contributed by atoms with van der Waals surface area (Å²) < 4.78 is 0. The number of hydrogen-bond donors (Lipinski definition) is 1. The van der Waals surface area contributed by atoms with E-state index in [1.807, 2.05) is 4.90 Å². The molecular formula is C21H33N3O. The molecule has 1 spiro atoms. The fourth-order valence-corrected chi connectivity index (χ4v) is 4.43. The van der Waals surface area contributed by atoms with E-state index in [1.165, 1.54) is 5.56 Å². The number of piperidine rings is 1. The third-order valence-corrected chi connectivity index (χ3v) is 5.90.